The maximum Gasteiger partial charge on any atom is 0.101 e. The Hall–Kier alpha value is -0.0800. The predicted octanol–water partition coefficient (Wildman–Crippen LogP) is 4.25. The Kier molecular flexibility index (Phi) is 3.20. The monoisotopic (exact) mass is 238 g/mol. The maximum absolute atomic E-state index is 9.47. The Balaban J connectivity index is 1.78. The van der Waals surface area contributed by atoms with Crippen molar-refractivity contribution in [2.24, 2.45) is 23.2 Å². The van der Waals surface area contributed by atoms with Gasteiger partial charge in [0.25, 0.3) is 0 Å². The molecule has 0 amide bonds. The second-order valence-corrected chi connectivity index (χ2v) is 6.79. The molecule has 0 radical (unpaired) electrons. The molecule has 4 atom stereocenters. The van der Waals surface area contributed by atoms with Crippen LogP contribution in [0.15, 0.2) is 0 Å². The summed E-state index contributed by atoms with van der Waals surface area (Å²) < 4.78 is 0. The molecule has 0 aromatic heterocycles. The second kappa shape index (κ2) is 4.55. The van der Waals surface area contributed by atoms with E-state index in [2.05, 4.69) is 6.92 Å². The third-order valence-corrected chi connectivity index (χ3v) is 6.20. The van der Waals surface area contributed by atoms with Crippen molar-refractivity contribution in [2.45, 2.75) is 70.8 Å². The van der Waals surface area contributed by atoms with Gasteiger partial charge in [-0.1, -0.05) is 26.2 Å². The van der Waals surface area contributed by atoms with Gasteiger partial charge in [-0.15, -0.1) is 0 Å². The van der Waals surface area contributed by atoms with Gasteiger partial charge in [-0.3, -0.25) is 5.26 Å². The molecule has 0 heterocycles. The molecule has 3 fully saturated rings. The van der Waals surface area contributed by atoms with Crippen LogP contribution in [0.4, 0.5) is 0 Å². The summed E-state index contributed by atoms with van der Waals surface area (Å²) >= 11 is 0. The molecule has 0 aromatic rings. The predicted molar refractivity (Wildman–Crippen MR) is 67.6 cm³/mol. The highest BCUT2D eigenvalue weighted by Gasteiger charge is 2.51. The van der Waals surface area contributed by atoms with Crippen LogP contribution in [0.25, 0.3) is 0 Å². The van der Waals surface area contributed by atoms with Gasteiger partial charge in [0, 0.05) is 0 Å². The summed E-state index contributed by atoms with van der Waals surface area (Å²) in [6.07, 6.45) is 12.0. The van der Waals surface area contributed by atoms with E-state index in [9.17, 15) is 5.26 Å². The zero-order valence-corrected chi connectivity index (χ0v) is 11.0. The van der Waals surface area contributed by atoms with Crippen LogP contribution in [0.1, 0.15) is 64.7 Å². The lowest BCUT2D eigenvalue weighted by atomic mass is 9.69. The fraction of sp³-hybridized carbons (Fsp3) is 1.00. The van der Waals surface area contributed by atoms with Crippen molar-refractivity contribution in [1.29, 1.82) is 0 Å². The molecular weight excluding hydrogens is 212 g/mol. The highest BCUT2D eigenvalue weighted by atomic mass is 17.1. The average molecular weight is 238 g/mol. The van der Waals surface area contributed by atoms with Crippen LogP contribution in [-0.4, -0.2) is 11.4 Å². The van der Waals surface area contributed by atoms with Crippen LogP contribution in [0.5, 0.6) is 0 Å². The van der Waals surface area contributed by atoms with E-state index in [0.717, 1.165) is 11.8 Å². The minimum atomic E-state index is 0.130. The lowest BCUT2D eigenvalue weighted by molar-refractivity contribution is -0.320. The fourth-order valence-corrected chi connectivity index (χ4v) is 5.23. The van der Waals surface area contributed by atoms with Gasteiger partial charge in [-0.2, -0.15) is 0 Å². The minimum Gasteiger partial charge on any atom is -0.252 e. The lowest BCUT2D eigenvalue weighted by Crippen LogP contribution is -2.42. The highest BCUT2D eigenvalue weighted by Crippen LogP contribution is 2.56. The van der Waals surface area contributed by atoms with Crippen LogP contribution >= 0.6 is 0 Å². The Morgan fingerprint density at radius 1 is 1.24 bits per heavy atom. The van der Waals surface area contributed by atoms with Gasteiger partial charge >= 0.3 is 0 Å². The standard InChI is InChI=1S/C15H26O2/c1-2-15(7-3-4-8-15)14(17-16)13-10-11-5-6-12(13)9-11/h11-14,16H,2-10H2,1H3. The van der Waals surface area contributed by atoms with E-state index >= 15 is 0 Å². The molecule has 98 valence electrons. The normalized spacial score (nSPS) is 40.9. The molecule has 2 bridgehead atoms. The molecule has 17 heavy (non-hydrogen) atoms. The van der Waals surface area contributed by atoms with E-state index in [1.54, 1.807) is 0 Å². The van der Waals surface area contributed by atoms with Crippen molar-refractivity contribution in [2.75, 3.05) is 0 Å². The fourth-order valence-electron chi connectivity index (χ4n) is 5.23. The maximum atomic E-state index is 9.47. The van der Waals surface area contributed by atoms with Crippen molar-refractivity contribution in [1.82, 2.24) is 0 Å². The molecule has 2 heteroatoms. The van der Waals surface area contributed by atoms with Crippen LogP contribution in [0.3, 0.4) is 0 Å². The van der Waals surface area contributed by atoms with Crippen molar-refractivity contribution < 1.29 is 10.1 Å². The quantitative estimate of drug-likeness (QED) is 0.586. The average Bonchev–Trinajstić information content (AvgIpc) is 3.06. The number of hydrogen-bond donors (Lipinski definition) is 1. The Labute approximate surface area is 105 Å². The Bertz CT molecular complexity index is 270. The van der Waals surface area contributed by atoms with E-state index in [0.29, 0.717) is 11.3 Å². The topological polar surface area (TPSA) is 29.5 Å². The third kappa shape index (κ3) is 1.84. The van der Waals surface area contributed by atoms with Crippen LogP contribution in [-0.2, 0) is 4.89 Å². The molecular formula is C15H26O2. The molecule has 3 rings (SSSR count). The largest absolute Gasteiger partial charge is 0.252 e. The first kappa shape index (κ1) is 12.0. The van der Waals surface area contributed by atoms with Crippen molar-refractivity contribution in [3.63, 3.8) is 0 Å². The molecule has 0 spiro atoms. The summed E-state index contributed by atoms with van der Waals surface area (Å²) in [5.74, 6) is 2.44. The SMILES string of the molecule is CCC1(C(OO)C2CC3CCC2C3)CCCC1. The zero-order valence-electron chi connectivity index (χ0n) is 11.0. The highest BCUT2D eigenvalue weighted by molar-refractivity contribution is 5.00. The first-order chi connectivity index (χ1) is 8.29. The first-order valence-electron chi connectivity index (χ1n) is 7.59. The van der Waals surface area contributed by atoms with Gasteiger partial charge in [-0.05, 0) is 61.7 Å². The van der Waals surface area contributed by atoms with E-state index < -0.39 is 0 Å². The van der Waals surface area contributed by atoms with E-state index in [1.165, 1.54) is 57.8 Å². The molecule has 1 N–H and O–H groups in total. The molecule has 2 nitrogen and oxygen atoms in total. The van der Waals surface area contributed by atoms with Crippen molar-refractivity contribution >= 4 is 0 Å². The second-order valence-electron chi connectivity index (χ2n) is 6.79. The number of hydrogen-bond acceptors (Lipinski definition) is 2. The van der Waals surface area contributed by atoms with Gasteiger partial charge in [0.05, 0.1) is 0 Å². The molecule has 4 unspecified atom stereocenters. The van der Waals surface area contributed by atoms with E-state index in [4.69, 9.17) is 4.89 Å². The van der Waals surface area contributed by atoms with E-state index in [-0.39, 0.29) is 6.10 Å². The summed E-state index contributed by atoms with van der Waals surface area (Å²) in [5, 5.41) is 9.47. The summed E-state index contributed by atoms with van der Waals surface area (Å²) in [4.78, 5) is 5.07. The molecule has 3 saturated carbocycles. The Morgan fingerprint density at radius 2 is 2.00 bits per heavy atom. The van der Waals surface area contributed by atoms with Gasteiger partial charge in [-0.25, -0.2) is 4.89 Å². The molecule has 3 aliphatic rings. The zero-order chi connectivity index (χ0) is 11.9. The van der Waals surface area contributed by atoms with Gasteiger partial charge < -0.3 is 0 Å². The van der Waals surface area contributed by atoms with Gasteiger partial charge in [0.1, 0.15) is 6.10 Å². The minimum absolute atomic E-state index is 0.130. The van der Waals surface area contributed by atoms with Crippen LogP contribution in [0.2, 0.25) is 0 Å². The van der Waals surface area contributed by atoms with Crippen molar-refractivity contribution in [3.8, 4) is 0 Å². The summed E-state index contributed by atoms with van der Waals surface area (Å²) in [6.45, 7) is 2.28. The van der Waals surface area contributed by atoms with Gasteiger partial charge in [0.2, 0.25) is 0 Å². The molecule has 3 aliphatic carbocycles. The van der Waals surface area contributed by atoms with Crippen molar-refractivity contribution in [3.05, 3.63) is 0 Å². The summed E-state index contributed by atoms with van der Waals surface area (Å²) in [6, 6.07) is 0. The van der Waals surface area contributed by atoms with E-state index in [1.807, 2.05) is 0 Å². The molecule has 0 aromatic carbocycles. The van der Waals surface area contributed by atoms with Crippen LogP contribution in [0, 0.1) is 23.2 Å². The first-order valence-corrected chi connectivity index (χ1v) is 7.59. The molecule has 0 aliphatic heterocycles. The molecule has 0 saturated heterocycles. The summed E-state index contributed by atoms with van der Waals surface area (Å²) in [7, 11) is 0. The van der Waals surface area contributed by atoms with Crippen LogP contribution < -0.4 is 0 Å². The number of rotatable bonds is 4. The third-order valence-electron chi connectivity index (χ3n) is 6.20. The summed E-state index contributed by atoms with van der Waals surface area (Å²) in [5.41, 5.74) is 0.296. The van der Waals surface area contributed by atoms with Gasteiger partial charge in [0.15, 0.2) is 0 Å². The number of fused-ring (bicyclic) bond motifs is 2. The smallest absolute Gasteiger partial charge is 0.101 e. The lowest BCUT2D eigenvalue weighted by Gasteiger charge is -2.41. The Morgan fingerprint density at radius 3 is 2.47 bits per heavy atom.